The Hall–Kier alpha value is -6.22. The first-order valence-electron chi connectivity index (χ1n) is 31.5. The fraction of sp³-hybridized carbons (Fsp3) is 0.547. The van der Waals surface area contributed by atoms with Crippen LogP contribution in [0, 0.1) is 21.7 Å². The number of carbonyl (C=O) groups is 4. The summed E-state index contributed by atoms with van der Waals surface area (Å²) in [5.74, 6) is 1.89. The third-order valence-electron chi connectivity index (χ3n) is 16.8. The van der Waals surface area contributed by atoms with E-state index in [1.54, 1.807) is 93.9 Å². The van der Waals surface area contributed by atoms with Crippen molar-refractivity contribution in [3.63, 3.8) is 0 Å². The van der Waals surface area contributed by atoms with Crippen LogP contribution in [0.4, 0.5) is 0 Å². The molecule has 88 heavy (non-hydrogen) atoms. The van der Waals surface area contributed by atoms with Gasteiger partial charge in [0.25, 0.3) is 0 Å². The Labute approximate surface area is 530 Å². The van der Waals surface area contributed by atoms with Crippen LogP contribution >= 0.6 is 0 Å². The minimum absolute atomic E-state index is 0.187. The molecule has 4 unspecified atom stereocenters. The van der Waals surface area contributed by atoms with Crippen LogP contribution in [0.2, 0.25) is 0 Å². The van der Waals surface area contributed by atoms with Gasteiger partial charge in [0.1, 0.15) is 23.0 Å². The summed E-state index contributed by atoms with van der Waals surface area (Å²) in [6, 6.07) is 37.2. The molecule has 0 aliphatic carbocycles. The second-order valence-electron chi connectivity index (χ2n) is 26.0. The molecule has 13 heteroatoms. The van der Waals surface area contributed by atoms with E-state index in [9.17, 15) is 34.5 Å². The monoisotopic (exact) mass is 1220 g/mol. The largest absolute Gasteiger partial charge is 0.426 e. The predicted octanol–water partition coefficient (Wildman–Crippen LogP) is 18.4. The summed E-state index contributed by atoms with van der Waals surface area (Å²) in [4.78, 5) is 47.6. The number of esters is 4. The first kappa shape index (κ1) is 79.8. The summed E-state index contributed by atoms with van der Waals surface area (Å²) in [6.45, 7) is 41.1. The molecular formula is C75H112O13. The molecule has 5 aromatic carbocycles. The van der Waals surface area contributed by atoms with Crippen LogP contribution in [0.15, 0.2) is 121 Å². The van der Waals surface area contributed by atoms with Crippen LogP contribution in [-0.4, -0.2) is 53.4 Å². The molecule has 5 rings (SSSR count). The van der Waals surface area contributed by atoms with E-state index in [4.69, 9.17) is 28.4 Å². The smallest absolute Gasteiger partial charge is 0.316 e. The maximum absolute atomic E-state index is 12.0. The maximum Gasteiger partial charge on any atom is 0.316 e. The SMILES string of the molecule is CCC(C)(C)C(=O)Oc1ccc(C(C)(C)OC)cc1.CCC(C)(C)C(=O)Oc1ccc(C(C)O)cc1.CCC(C)c1ccc(C(C)(C)OC)cc1.CCC(O)c1ccc(OC(=O)C(C)(C)CC)cc1.CCCC(O)c1ccc(OC(=O)C(C)(C)CC)cc1. The van der Waals surface area contributed by atoms with Gasteiger partial charge >= 0.3 is 23.9 Å². The summed E-state index contributed by atoms with van der Waals surface area (Å²) in [5, 5.41) is 28.9. The summed E-state index contributed by atoms with van der Waals surface area (Å²) in [5.41, 5.74) is 3.80. The molecule has 5 aromatic rings. The molecule has 3 N–H and O–H groups in total. The summed E-state index contributed by atoms with van der Waals surface area (Å²) < 4.78 is 32.2. The zero-order chi connectivity index (χ0) is 67.4. The molecule has 0 spiro atoms. The predicted molar refractivity (Wildman–Crippen MR) is 356 cm³/mol. The second kappa shape index (κ2) is 37.1. The molecule has 0 aliphatic heterocycles. The summed E-state index contributed by atoms with van der Waals surface area (Å²) in [6.07, 6.45) is 5.07. The number of aliphatic hydroxyl groups excluding tert-OH is 3. The van der Waals surface area contributed by atoms with Crippen molar-refractivity contribution < 1.29 is 62.9 Å². The van der Waals surface area contributed by atoms with Gasteiger partial charge in [0, 0.05) is 14.2 Å². The Morgan fingerprint density at radius 2 is 0.614 bits per heavy atom. The maximum atomic E-state index is 12.0. The van der Waals surface area contributed by atoms with Crippen molar-refractivity contribution in [2.45, 2.75) is 232 Å². The average Bonchev–Trinajstić information content (AvgIpc) is 3.58. The van der Waals surface area contributed by atoms with E-state index in [1.165, 1.54) is 17.5 Å². The fourth-order valence-corrected chi connectivity index (χ4v) is 7.17. The number of benzene rings is 5. The van der Waals surface area contributed by atoms with Crippen LogP contribution in [0.3, 0.4) is 0 Å². The summed E-state index contributed by atoms with van der Waals surface area (Å²) in [7, 11) is 3.43. The number of hydrogen-bond donors (Lipinski definition) is 3. The lowest BCUT2D eigenvalue weighted by atomic mass is 9.91. The van der Waals surface area contributed by atoms with Crippen molar-refractivity contribution in [3.05, 3.63) is 155 Å². The van der Waals surface area contributed by atoms with Gasteiger partial charge < -0.3 is 43.7 Å². The molecular weight excluding hydrogens is 1110 g/mol. The standard InChI is InChI=1S/2C16H24O3.C15H22O3.C14H20O3.C14H22O/c1-7-15(2,3)14(17)19-13-10-8-12(9-11-13)16(4,5)18-6;1-5-7-14(17)12-8-10-13(11-9-12)19-15(18)16(3,4)6-2;1-5-13(16)11-7-9-12(10-8-11)18-14(17)15(3,4)6-2;1-5-14(3,4)13(16)17-12-8-6-11(7-9-12)10(2)15;1-6-11(2)12-7-9-13(10-8-12)14(3,4)15-5/h8-11H,7H2,1-6H3;8-11,14,17H,5-7H2,1-4H3;7-10,13,16H,5-6H2,1-4H3;6-10,15H,5H2,1-4H3;7-11H,6H2,1-5H3. The van der Waals surface area contributed by atoms with Gasteiger partial charge in [-0.25, -0.2) is 0 Å². The topological polar surface area (TPSA) is 184 Å². The highest BCUT2D eigenvalue weighted by atomic mass is 16.6. The molecule has 0 aromatic heterocycles. The van der Waals surface area contributed by atoms with Crippen molar-refractivity contribution in [1.29, 1.82) is 0 Å². The van der Waals surface area contributed by atoms with Gasteiger partial charge in [-0.2, -0.15) is 0 Å². The van der Waals surface area contributed by atoms with E-state index in [0.717, 1.165) is 60.8 Å². The van der Waals surface area contributed by atoms with Gasteiger partial charge in [0.15, 0.2) is 0 Å². The molecule has 4 atom stereocenters. The Bertz CT molecular complexity index is 2810. The van der Waals surface area contributed by atoms with Crippen LogP contribution in [-0.2, 0) is 39.9 Å². The highest BCUT2D eigenvalue weighted by Crippen LogP contribution is 2.32. The normalized spacial score (nSPS) is 13.1. The molecule has 490 valence electrons. The van der Waals surface area contributed by atoms with Gasteiger partial charge in [-0.1, -0.05) is 135 Å². The zero-order valence-electron chi connectivity index (χ0n) is 57.9. The minimum Gasteiger partial charge on any atom is -0.426 e. The lowest BCUT2D eigenvalue weighted by Crippen LogP contribution is -2.28. The first-order chi connectivity index (χ1) is 40.9. The Balaban J connectivity index is 0.000000551. The molecule has 0 saturated heterocycles. The number of aliphatic hydroxyl groups is 3. The first-order valence-corrected chi connectivity index (χ1v) is 31.5. The van der Waals surface area contributed by atoms with Gasteiger partial charge in [-0.15, -0.1) is 0 Å². The third kappa shape index (κ3) is 26.5. The van der Waals surface area contributed by atoms with Crippen molar-refractivity contribution >= 4 is 23.9 Å². The van der Waals surface area contributed by atoms with Gasteiger partial charge in [0.2, 0.25) is 0 Å². The third-order valence-corrected chi connectivity index (χ3v) is 16.8. The van der Waals surface area contributed by atoms with Crippen molar-refractivity contribution in [1.82, 2.24) is 0 Å². The fourth-order valence-electron chi connectivity index (χ4n) is 7.17. The summed E-state index contributed by atoms with van der Waals surface area (Å²) >= 11 is 0. The van der Waals surface area contributed by atoms with E-state index in [-0.39, 0.29) is 35.1 Å². The molecule has 0 heterocycles. The number of ether oxygens (including phenoxy) is 6. The van der Waals surface area contributed by atoms with E-state index in [1.807, 2.05) is 135 Å². The Morgan fingerprint density at radius 3 is 0.852 bits per heavy atom. The highest BCUT2D eigenvalue weighted by Gasteiger charge is 2.31. The highest BCUT2D eigenvalue weighted by molar-refractivity contribution is 5.80. The minimum atomic E-state index is -0.508. The molecule has 0 radical (unpaired) electrons. The molecule has 0 aliphatic rings. The van der Waals surface area contributed by atoms with E-state index in [2.05, 4.69) is 52.0 Å². The number of rotatable bonds is 24. The average molecular weight is 1220 g/mol. The van der Waals surface area contributed by atoms with E-state index < -0.39 is 40.0 Å². The van der Waals surface area contributed by atoms with Crippen molar-refractivity contribution in [2.75, 3.05) is 14.2 Å². The second-order valence-corrected chi connectivity index (χ2v) is 26.0. The van der Waals surface area contributed by atoms with E-state index in [0.29, 0.717) is 35.3 Å². The van der Waals surface area contributed by atoms with E-state index >= 15 is 0 Å². The van der Waals surface area contributed by atoms with Gasteiger partial charge in [-0.3, -0.25) is 19.2 Å². The molecule has 0 fully saturated rings. The lowest BCUT2D eigenvalue weighted by Gasteiger charge is -2.24. The zero-order valence-corrected chi connectivity index (χ0v) is 57.9. The lowest BCUT2D eigenvalue weighted by molar-refractivity contribution is -0.144. The molecule has 0 bridgehead atoms. The van der Waals surface area contributed by atoms with Crippen LogP contribution in [0.5, 0.6) is 23.0 Å². The quantitative estimate of drug-likeness (QED) is 0.0392. The van der Waals surface area contributed by atoms with Crippen LogP contribution in [0.25, 0.3) is 0 Å². The van der Waals surface area contributed by atoms with Crippen molar-refractivity contribution in [2.24, 2.45) is 21.7 Å². The molecule has 0 saturated carbocycles. The Morgan fingerprint density at radius 1 is 0.364 bits per heavy atom. The van der Waals surface area contributed by atoms with Gasteiger partial charge in [-0.05, 0) is 223 Å². The van der Waals surface area contributed by atoms with Crippen LogP contribution < -0.4 is 18.9 Å². The number of hydrogen-bond acceptors (Lipinski definition) is 13. The van der Waals surface area contributed by atoms with Gasteiger partial charge in [0.05, 0.1) is 51.2 Å². The Kier molecular flexibility index (Phi) is 33.6. The number of methoxy groups -OCH3 is 2. The molecule has 0 amide bonds. The van der Waals surface area contributed by atoms with Crippen molar-refractivity contribution in [3.8, 4) is 23.0 Å². The molecule has 13 nitrogen and oxygen atoms in total. The van der Waals surface area contributed by atoms with Crippen LogP contribution in [0.1, 0.15) is 254 Å². The number of carbonyl (C=O) groups excluding carboxylic acids is 4.